The lowest BCUT2D eigenvalue weighted by atomic mass is 10.0. The highest BCUT2D eigenvalue weighted by molar-refractivity contribution is 9.10. The molecule has 0 amide bonds. The zero-order valence-corrected chi connectivity index (χ0v) is 10.3. The van der Waals surface area contributed by atoms with Gasteiger partial charge in [0.1, 0.15) is 0 Å². The minimum atomic E-state index is -0.558. The second-order valence-electron chi connectivity index (χ2n) is 3.93. The third-order valence-electron chi connectivity index (χ3n) is 2.87. The van der Waals surface area contributed by atoms with Crippen LogP contribution in [0.15, 0.2) is 16.6 Å². The minimum absolute atomic E-state index is 0.265. The molecule has 1 heterocycles. The number of hydrogen-bond donors (Lipinski definition) is 2. The fourth-order valence-corrected chi connectivity index (χ4v) is 2.85. The van der Waals surface area contributed by atoms with Crippen LogP contribution >= 0.6 is 15.9 Å². The van der Waals surface area contributed by atoms with Crippen molar-refractivity contribution in [3.05, 3.63) is 27.7 Å². The fraction of sp³-hybridized carbons (Fsp3) is 0.455. The Balaban J connectivity index is 2.44. The molecular weight excluding hydrogens is 256 g/mol. The second-order valence-corrected chi connectivity index (χ2v) is 4.79. The lowest BCUT2D eigenvalue weighted by Crippen LogP contribution is -2.14. The van der Waals surface area contributed by atoms with E-state index in [0.717, 1.165) is 23.0 Å². The molecule has 0 spiro atoms. The van der Waals surface area contributed by atoms with Gasteiger partial charge in [-0.05, 0) is 39.5 Å². The van der Waals surface area contributed by atoms with Gasteiger partial charge in [0.25, 0.3) is 0 Å². The van der Waals surface area contributed by atoms with Crippen molar-refractivity contribution in [3.8, 4) is 0 Å². The van der Waals surface area contributed by atoms with E-state index in [1.807, 2.05) is 6.07 Å². The summed E-state index contributed by atoms with van der Waals surface area (Å²) < 4.78 is 1.04. The standard InChI is InChI=1S/C11H15BrN2O/c1-14-3-2-7-4-8(10(15)6-13)5-9(12)11(7)14/h4-5,10,15H,2-3,6,13H2,1H3. The minimum Gasteiger partial charge on any atom is -0.387 e. The van der Waals surface area contributed by atoms with Crippen LogP contribution in [0.25, 0.3) is 0 Å². The van der Waals surface area contributed by atoms with Crippen molar-refractivity contribution in [2.45, 2.75) is 12.5 Å². The summed E-state index contributed by atoms with van der Waals surface area (Å²) in [5.74, 6) is 0. The largest absolute Gasteiger partial charge is 0.387 e. The van der Waals surface area contributed by atoms with Crippen LogP contribution in [0.4, 0.5) is 5.69 Å². The maximum atomic E-state index is 9.69. The van der Waals surface area contributed by atoms with Crippen molar-refractivity contribution in [3.63, 3.8) is 0 Å². The highest BCUT2D eigenvalue weighted by atomic mass is 79.9. The highest BCUT2D eigenvalue weighted by Gasteiger charge is 2.20. The van der Waals surface area contributed by atoms with E-state index in [2.05, 4.69) is 33.9 Å². The first-order chi connectivity index (χ1) is 7.13. The Morgan fingerprint density at radius 3 is 3.00 bits per heavy atom. The Hall–Kier alpha value is -0.580. The van der Waals surface area contributed by atoms with Gasteiger partial charge >= 0.3 is 0 Å². The van der Waals surface area contributed by atoms with Crippen molar-refractivity contribution in [1.82, 2.24) is 0 Å². The van der Waals surface area contributed by atoms with Gasteiger partial charge in [-0.15, -0.1) is 0 Å². The summed E-state index contributed by atoms with van der Waals surface area (Å²) >= 11 is 3.54. The normalized spacial score (nSPS) is 16.7. The Morgan fingerprint density at radius 1 is 1.60 bits per heavy atom. The molecule has 1 aliphatic rings. The molecule has 0 fully saturated rings. The van der Waals surface area contributed by atoms with E-state index < -0.39 is 6.10 Å². The molecule has 0 aromatic heterocycles. The van der Waals surface area contributed by atoms with E-state index in [-0.39, 0.29) is 6.54 Å². The van der Waals surface area contributed by atoms with Gasteiger partial charge in [-0.1, -0.05) is 6.07 Å². The number of halogens is 1. The third-order valence-corrected chi connectivity index (χ3v) is 3.48. The molecule has 82 valence electrons. The summed E-state index contributed by atoms with van der Waals surface area (Å²) in [6, 6.07) is 4.01. The Kier molecular flexibility index (Phi) is 3.00. The van der Waals surface area contributed by atoms with Crippen LogP contribution < -0.4 is 10.6 Å². The molecule has 0 bridgehead atoms. The molecule has 0 saturated heterocycles. The molecule has 15 heavy (non-hydrogen) atoms. The van der Waals surface area contributed by atoms with Crippen LogP contribution in [0.2, 0.25) is 0 Å². The number of hydrogen-bond acceptors (Lipinski definition) is 3. The van der Waals surface area contributed by atoms with Crippen LogP contribution in [0.3, 0.4) is 0 Å². The number of rotatable bonds is 2. The van der Waals surface area contributed by atoms with Crippen LogP contribution in [0, 0.1) is 0 Å². The van der Waals surface area contributed by atoms with E-state index in [4.69, 9.17) is 5.73 Å². The van der Waals surface area contributed by atoms with Crippen molar-refractivity contribution in [2.75, 3.05) is 25.0 Å². The molecule has 2 rings (SSSR count). The van der Waals surface area contributed by atoms with Gasteiger partial charge in [-0.3, -0.25) is 0 Å². The Morgan fingerprint density at radius 2 is 2.33 bits per heavy atom. The maximum Gasteiger partial charge on any atom is 0.0912 e. The van der Waals surface area contributed by atoms with Crippen LogP contribution in [0.5, 0.6) is 0 Å². The van der Waals surface area contributed by atoms with E-state index >= 15 is 0 Å². The van der Waals surface area contributed by atoms with Gasteiger partial charge in [0.05, 0.1) is 11.8 Å². The molecule has 1 atom stereocenters. The number of anilines is 1. The zero-order chi connectivity index (χ0) is 11.0. The molecule has 1 aliphatic heterocycles. The number of nitrogens with two attached hydrogens (primary N) is 1. The molecular formula is C11H15BrN2O. The monoisotopic (exact) mass is 270 g/mol. The average molecular weight is 271 g/mol. The first-order valence-electron chi connectivity index (χ1n) is 5.05. The second kappa shape index (κ2) is 4.12. The highest BCUT2D eigenvalue weighted by Crippen LogP contribution is 2.36. The van der Waals surface area contributed by atoms with Crippen LogP contribution in [0.1, 0.15) is 17.2 Å². The number of aliphatic hydroxyl groups is 1. The summed E-state index contributed by atoms with van der Waals surface area (Å²) in [5.41, 5.74) is 8.88. The first-order valence-corrected chi connectivity index (χ1v) is 5.84. The molecule has 3 nitrogen and oxygen atoms in total. The van der Waals surface area contributed by atoms with E-state index in [1.165, 1.54) is 11.3 Å². The van der Waals surface area contributed by atoms with Gasteiger partial charge in [0.2, 0.25) is 0 Å². The number of likely N-dealkylation sites (N-methyl/N-ethyl adjacent to an activating group) is 1. The van der Waals surface area contributed by atoms with Gasteiger partial charge < -0.3 is 15.7 Å². The molecule has 3 N–H and O–H groups in total. The van der Waals surface area contributed by atoms with Crippen molar-refractivity contribution in [1.29, 1.82) is 0 Å². The molecule has 0 aliphatic carbocycles. The van der Waals surface area contributed by atoms with Crippen molar-refractivity contribution >= 4 is 21.6 Å². The van der Waals surface area contributed by atoms with Gasteiger partial charge in [0, 0.05) is 24.6 Å². The van der Waals surface area contributed by atoms with Crippen LogP contribution in [-0.4, -0.2) is 25.2 Å². The predicted molar refractivity (Wildman–Crippen MR) is 65.1 cm³/mol. The predicted octanol–water partition coefficient (Wildman–Crippen LogP) is 1.43. The summed E-state index contributed by atoms with van der Waals surface area (Å²) in [4.78, 5) is 2.22. The molecule has 1 aromatic rings. The van der Waals surface area contributed by atoms with Crippen molar-refractivity contribution in [2.24, 2.45) is 5.73 Å². The summed E-state index contributed by atoms with van der Waals surface area (Å²) in [7, 11) is 2.08. The molecule has 1 unspecified atom stereocenters. The molecule has 0 radical (unpaired) electrons. The van der Waals surface area contributed by atoms with Gasteiger partial charge in [-0.25, -0.2) is 0 Å². The molecule has 0 saturated carbocycles. The molecule has 1 aromatic carbocycles. The smallest absolute Gasteiger partial charge is 0.0912 e. The molecule has 4 heteroatoms. The zero-order valence-electron chi connectivity index (χ0n) is 8.70. The van der Waals surface area contributed by atoms with E-state index in [9.17, 15) is 5.11 Å². The van der Waals surface area contributed by atoms with E-state index in [1.54, 1.807) is 0 Å². The van der Waals surface area contributed by atoms with Gasteiger partial charge in [-0.2, -0.15) is 0 Å². The quantitative estimate of drug-likeness (QED) is 0.855. The van der Waals surface area contributed by atoms with Crippen molar-refractivity contribution < 1.29 is 5.11 Å². The summed E-state index contributed by atoms with van der Waals surface area (Å²) in [5, 5.41) is 9.69. The number of aliphatic hydroxyl groups excluding tert-OH is 1. The lowest BCUT2D eigenvalue weighted by molar-refractivity contribution is 0.186. The maximum absolute atomic E-state index is 9.69. The summed E-state index contributed by atoms with van der Waals surface area (Å²) in [6.45, 7) is 1.30. The lowest BCUT2D eigenvalue weighted by Gasteiger charge is -2.16. The third kappa shape index (κ3) is 1.89. The Bertz CT molecular complexity index is 381. The van der Waals surface area contributed by atoms with Crippen LogP contribution in [-0.2, 0) is 6.42 Å². The number of nitrogens with zero attached hydrogens (tertiary/aromatic N) is 1. The van der Waals surface area contributed by atoms with Gasteiger partial charge in [0.15, 0.2) is 0 Å². The van der Waals surface area contributed by atoms with E-state index in [0.29, 0.717) is 0 Å². The number of fused-ring (bicyclic) bond motifs is 1. The Labute approximate surface area is 98.0 Å². The fourth-order valence-electron chi connectivity index (χ4n) is 2.03. The topological polar surface area (TPSA) is 49.5 Å². The first kappa shape index (κ1) is 10.9. The SMILES string of the molecule is CN1CCc2cc(C(O)CN)cc(Br)c21. The average Bonchev–Trinajstić information content (AvgIpc) is 2.59. The summed E-state index contributed by atoms with van der Waals surface area (Å²) in [6.07, 6.45) is 0.479. The number of benzene rings is 1.